The number of carbonyl (C=O) groups is 1. The Morgan fingerprint density at radius 1 is 1.10 bits per heavy atom. The number of hydrogen-bond donors (Lipinski definition) is 1. The molecule has 154 valence electrons. The molecule has 0 fully saturated rings. The zero-order chi connectivity index (χ0) is 21.5. The van der Waals surface area contributed by atoms with Crippen LogP contribution in [0, 0.1) is 6.92 Å². The molecule has 0 heterocycles. The molecule has 0 radical (unpaired) electrons. The van der Waals surface area contributed by atoms with Gasteiger partial charge < -0.3 is 9.47 Å². The van der Waals surface area contributed by atoms with Crippen LogP contribution in [0.25, 0.3) is 0 Å². The van der Waals surface area contributed by atoms with Crippen LogP contribution in [0.2, 0.25) is 10.0 Å². The predicted octanol–water partition coefficient (Wildman–Crippen LogP) is 5.65. The number of benzene rings is 3. The van der Waals surface area contributed by atoms with Crippen LogP contribution in [0.1, 0.15) is 27.0 Å². The van der Waals surface area contributed by atoms with E-state index < -0.39 is 0 Å². The lowest BCUT2D eigenvalue weighted by atomic mass is 10.1. The van der Waals surface area contributed by atoms with E-state index >= 15 is 0 Å². The molecule has 3 rings (SSSR count). The molecule has 0 aliphatic rings. The van der Waals surface area contributed by atoms with E-state index in [1.54, 1.807) is 36.4 Å². The number of aryl methyl sites for hydroxylation is 1. The van der Waals surface area contributed by atoms with Crippen molar-refractivity contribution in [2.24, 2.45) is 5.10 Å². The number of carbonyl (C=O) groups excluding carboxylic acids is 1. The molecule has 0 unspecified atom stereocenters. The number of rotatable bonds is 7. The average Bonchev–Trinajstić information content (AvgIpc) is 2.74. The number of hydrazone groups is 1. The van der Waals surface area contributed by atoms with E-state index in [-0.39, 0.29) is 5.91 Å². The van der Waals surface area contributed by atoms with E-state index in [9.17, 15) is 4.79 Å². The van der Waals surface area contributed by atoms with Crippen molar-refractivity contribution in [3.63, 3.8) is 0 Å². The molecule has 30 heavy (non-hydrogen) atoms. The van der Waals surface area contributed by atoms with E-state index in [0.717, 1.165) is 11.1 Å². The summed E-state index contributed by atoms with van der Waals surface area (Å²) in [5.74, 6) is 0.601. The Bertz CT molecular complexity index is 1070. The molecule has 0 spiro atoms. The van der Waals surface area contributed by atoms with E-state index in [0.29, 0.717) is 39.3 Å². The maximum absolute atomic E-state index is 12.2. The minimum atomic E-state index is -0.287. The highest BCUT2D eigenvalue weighted by Gasteiger charge is 2.12. The number of amides is 1. The first-order chi connectivity index (χ1) is 14.5. The van der Waals surface area contributed by atoms with Crippen LogP contribution < -0.4 is 14.9 Å². The summed E-state index contributed by atoms with van der Waals surface area (Å²) in [6.07, 6.45) is 1.49. The molecule has 0 saturated carbocycles. The first-order valence-electron chi connectivity index (χ1n) is 9.11. The highest BCUT2D eigenvalue weighted by atomic mass is 35.5. The fourth-order valence-corrected chi connectivity index (χ4v) is 3.14. The number of hydrogen-bond acceptors (Lipinski definition) is 4. The Morgan fingerprint density at radius 3 is 2.53 bits per heavy atom. The topological polar surface area (TPSA) is 59.9 Å². The second kappa shape index (κ2) is 10.1. The molecule has 3 aromatic rings. The first-order valence-corrected chi connectivity index (χ1v) is 9.87. The van der Waals surface area contributed by atoms with Crippen molar-refractivity contribution in [3.8, 4) is 11.5 Å². The van der Waals surface area contributed by atoms with Crippen LogP contribution in [0.5, 0.6) is 11.5 Å². The molecule has 0 atom stereocenters. The van der Waals surface area contributed by atoms with Crippen molar-refractivity contribution in [2.75, 3.05) is 7.11 Å². The van der Waals surface area contributed by atoms with Gasteiger partial charge in [0.1, 0.15) is 6.61 Å². The third-order valence-corrected chi connectivity index (χ3v) is 4.85. The number of nitrogens with zero attached hydrogens (tertiary/aromatic N) is 1. The van der Waals surface area contributed by atoms with Crippen LogP contribution >= 0.6 is 23.2 Å². The van der Waals surface area contributed by atoms with Gasteiger partial charge >= 0.3 is 0 Å². The number of halogens is 2. The summed E-state index contributed by atoms with van der Waals surface area (Å²) in [6.45, 7) is 2.18. The lowest BCUT2D eigenvalue weighted by molar-refractivity contribution is 0.0954. The quantitative estimate of drug-likeness (QED) is 0.379. The molecule has 7 heteroatoms. The number of methoxy groups -OCH3 is 1. The lowest BCUT2D eigenvalue weighted by Crippen LogP contribution is -2.18. The minimum absolute atomic E-state index is 0.287. The Balaban J connectivity index is 1.70. The number of ether oxygens (including phenoxy) is 2. The molecule has 0 aromatic heterocycles. The molecule has 0 aliphatic heterocycles. The average molecular weight is 443 g/mol. The SMILES string of the molecule is COc1cc(/C=N\NC(=O)c2ccccc2C)cc(Cl)c1OCc1ccc(Cl)cc1. The van der Waals surface area contributed by atoms with Gasteiger partial charge in [-0.25, -0.2) is 5.43 Å². The second-order valence-corrected chi connectivity index (χ2v) is 7.31. The zero-order valence-electron chi connectivity index (χ0n) is 16.5. The molecule has 1 N–H and O–H groups in total. The Hall–Kier alpha value is -3.02. The van der Waals surface area contributed by atoms with Crippen molar-refractivity contribution in [3.05, 3.63) is 93.0 Å². The maximum Gasteiger partial charge on any atom is 0.271 e. The van der Waals surface area contributed by atoms with Gasteiger partial charge in [-0.15, -0.1) is 0 Å². The molecular weight excluding hydrogens is 423 g/mol. The Labute approximate surface area is 185 Å². The molecule has 0 bridgehead atoms. The summed E-state index contributed by atoms with van der Waals surface area (Å²) in [5, 5.41) is 5.05. The van der Waals surface area contributed by atoms with Crippen molar-refractivity contribution >= 4 is 35.3 Å². The largest absolute Gasteiger partial charge is 0.493 e. The van der Waals surface area contributed by atoms with E-state index in [4.69, 9.17) is 32.7 Å². The zero-order valence-corrected chi connectivity index (χ0v) is 18.0. The monoisotopic (exact) mass is 442 g/mol. The van der Waals surface area contributed by atoms with E-state index in [1.807, 2.05) is 31.2 Å². The Kier molecular flexibility index (Phi) is 7.33. The van der Waals surface area contributed by atoms with Gasteiger partial charge in [0.05, 0.1) is 18.3 Å². The smallest absolute Gasteiger partial charge is 0.271 e. The van der Waals surface area contributed by atoms with Crippen molar-refractivity contribution < 1.29 is 14.3 Å². The van der Waals surface area contributed by atoms with Crippen molar-refractivity contribution in [1.82, 2.24) is 5.43 Å². The van der Waals surface area contributed by atoms with Crippen LogP contribution in [0.15, 0.2) is 65.8 Å². The first kappa shape index (κ1) is 21.7. The molecule has 0 aliphatic carbocycles. The Morgan fingerprint density at radius 2 is 1.83 bits per heavy atom. The van der Waals surface area contributed by atoms with Gasteiger partial charge in [0.2, 0.25) is 0 Å². The number of nitrogens with one attached hydrogen (secondary N) is 1. The normalized spacial score (nSPS) is 10.8. The fraction of sp³-hybridized carbons (Fsp3) is 0.130. The summed E-state index contributed by atoms with van der Waals surface area (Å²) in [7, 11) is 1.53. The standard InChI is InChI=1S/C23H20Cl2N2O3/c1-15-5-3-4-6-19(15)23(28)27-26-13-17-11-20(25)22(21(12-17)29-2)30-14-16-7-9-18(24)10-8-16/h3-13H,14H2,1-2H3,(H,27,28)/b26-13-. The summed E-state index contributed by atoms with van der Waals surface area (Å²) in [5.41, 5.74) is 5.55. The van der Waals surface area contributed by atoms with Gasteiger partial charge in [-0.3, -0.25) is 4.79 Å². The van der Waals surface area contributed by atoms with Crippen LogP contribution in [-0.2, 0) is 6.61 Å². The third kappa shape index (κ3) is 5.53. The third-order valence-electron chi connectivity index (χ3n) is 4.32. The molecular formula is C23H20Cl2N2O3. The predicted molar refractivity (Wildman–Crippen MR) is 120 cm³/mol. The molecule has 5 nitrogen and oxygen atoms in total. The van der Waals surface area contributed by atoms with Crippen LogP contribution in [0.4, 0.5) is 0 Å². The van der Waals surface area contributed by atoms with Gasteiger partial charge in [0.15, 0.2) is 11.5 Å². The van der Waals surface area contributed by atoms with E-state index in [1.165, 1.54) is 13.3 Å². The van der Waals surface area contributed by atoms with Gasteiger partial charge in [-0.1, -0.05) is 53.5 Å². The van der Waals surface area contributed by atoms with Crippen LogP contribution in [-0.4, -0.2) is 19.2 Å². The molecule has 3 aromatic carbocycles. The molecule has 1 amide bonds. The highest BCUT2D eigenvalue weighted by molar-refractivity contribution is 6.32. The van der Waals surface area contributed by atoms with E-state index in [2.05, 4.69) is 10.5 Å². The highest BCUT2D eigenvalue weighted by Crippen LogP contribution is 2.36. The van der Waals surface area contributed by atoms with Gasteiger partial charge in [-0.2, -0.15) is 5.10 Å². The maximum atomic E-state index is 12.2. The summed E-state index contributed by atoms with van der Waals surface area (Å²) >= 11 is 12.3. The van der Waals surface area contributed by atoms with Gasteiger partial charge in [0, 0.05) is 10.6 Å². The van der Waals surface area contributed by atoms with Crippen molar-refractivity contribution in [1.29, 1.82) is 0 Å². The summed E-state index contributed by atoms with van der Waals surface area (Å²) < 4.78 is 11.2. The lowest BCUT2D eigenvalue weighted by Gasteiger charge is -2.13. The minimum Gasteiger partial charge on any atom is -0.493 e. The van der Waals surface area contributed by atoms with Gasteiger partial charge in [0.25, 0.3) is 5.91 Å². The van der Waals surface area contributed by atoms with Crippen molar-refractivity contribution in [2.45, 2.75) is 13.5 Å². The second-order valence-electron chi connectivity index (χ2n) is 6.46. The van der Waals surface area contributed by atoms with Gasteiger partial charge in [-0.05, 0) is 53.9 Å². The summed E-state index contributed by atoms with van der Waals surface area (Å²) in [6, 6.07) is 18.0. The van der Waals surface area contributed by atoms with Crippen LogP contribution in [0.3, 0.4) is 0 Å². The molecule has 0 saturated heterocycles. The summed E-state index contributed by atoms with van der Waals surface area (Å²) in [4.78, 5) is 12.2. The fourth-order valence-electron chi connectivity index (χ4n) is 2.74.